The van der Waals surface area contributed by atoms with Gasteiger partial charge in [-0.25, -0.2) is 4.79 Å². The molecule has 0 aliphatic heterocycles. The number of benzene rings is 2. The number of rotatable bonds is 7. The number of Topliss-reactive ketones (excluding diaryl/α,β-unsaturated/α-hetero) is 1. The molecular formula is C23H23NO5S. The summed E-state index contributed by atoms with van der Waals surface area (Å²) in [5, 5.41) is 4.68. The van der Waals surface area contributed by atoms with Crippen LogP contribution in [-0.4, -0.2) is 34.2 Å². The molecule has 2 aliphatic carbocycles. The van der Waals surface area contributed by atoms with Crippen molar-refractivity contribution in [3.63, 3.8) is 0 Å². The molecule has 3 atom stereocenters. The lowest BCUT2D eigenvalue weighted by Gasteiger charge is -2.29. The molecule has 1 N–H and O–H groups in total. The quantitative estimate of drug-likeness (QED) is 0.689. The number of fused-ring (bicyclic) bond motifs is 2. The molecular weight excluding hydrogens is 402 g/mol. The Morgan fingerprint density at radius 3 is 2.67 bits per heavy atom. The van der Waals surface area contributed by atoms with Crippen molar-refractivity contribution in [2.75, 3.05) is 12.3 Å². The summed E-state index contributed by atoms with van der Waals surface area (Å²) in [7, 11) is -1.44. The van der Waals surface area contributed by atoms with Crippen LogP contribution in [-0.2, 0) is 36.5 Å². The third-order valence-corrected chi connectivity index (χ3v) is 7.25. The predicted molar refractivity (Wildman–Crippen MR) is 114 cm³/mol. The van der Waals surface area contributed by atoms with Crippen LogP contribution in [0.1, 0.15) is 25.3 Å². The van der Waals surface area contributed by atoms with Gasteiger partial charge in [-0.3, -0.25) is 13.8 Å². The second-order valence-electron chi connectivity index (χ2n) is 7.70. The van der Waals surface area contributed by atoms with Crippen molar-refractivity contribution in [3.8, 4) is 0 Å². The van der Waals surface area contributed by atoms with Gasteiger partial charge < -0.3 is 10.1 Å². The maximum Gasteiger partial charge on any atom is 0.335 e. The van der Waals surface area contributed by atoms with E-state index in [4.69, 9.17) is 4.74 Å². The lowest BCUT2D eigenvalue weighted by molar-refractivity contribution is -0.144. The molecule has 2 aliphatic rings. The molecule has 1 fully saturated rings. The van der Waals surface area contributed by atoms with Crippen molar-refractivity contribution < 1.29 is 23.3 Å². The Kier molecular flexibility index (Phi) is 5.81. The van der Waals surface area contributed by atoms with E-state index in [1.165, 1.54) is 6.92 Å². The summed E-state index contributed by atoms with van der Waals surface area (Å²) in [6, 6.07) is 13.7. The van der Waals surface area contributed by atoms with Crippen LogP contribution in [0.2, 0.25) is 0 Å². The zero-order valence-corrected chi connectivity index (χ0v) is 17.5. The molecule has 6 nitrogen and oxygen atoms in total. The monoisotopic (exact) mass is 425 g/mol. The first-order valence-corrected chi connectivity index (χ1v) is 11.3. The van der Waals surface area contributed by atoms with Crippen LogP contribution in [0, 0.1) is 11.8 Å². The Morgan fingerprint density at radius 1 is 1.13 bits per heavy atom. The first kappa shape index (κ1) is 20.5. The Balaban J connectivity index is 1.52. The minimum Gasteiger partial charge on any atom is -0.457 e. The van der Waals surface area contributed by atoms with Crippen LogP contribution < -0.4 is 5.32 Å². The fourth-order valence-electron chi connectivity index (χ4n) is 4.25. The number of hydrogen-bond acceptors (Lipinski definition) is 5. The Morgan fingerprint density at radius 2 is 1.90 bits per heavy atom. The predicted octanol–water partition coefficient (Wildman–Crippen LogP) is 2.63. The molecule has 0 bridgehead atoms. The summed E-state index contributed by atoms with van der Waals surface area (Å²) in [6.07, 6.45) is 0.888. The van der Waals surface area contributed by atoms with Crippen molar-refractivity contribution in [1.82, 2.24) is 5.32 Å². The second kappa shape index (κ2) is 8.52. The molecule has 4 rings (SSSR count). The zero-order chi connectivity index (χ0) is 21.3. The van der Waals surface area contributed by atoms with Gasteiger partial charge in [0.05, 0.1) is 22.3 Å². The van der Waals surface area contributed by atoms with Crippen molar-refractivity contribution in [2.24, 2.45) is 11.8 Å². The standard InChI is InChI=1S/C23H23NO5S/c1-14(25)24-9-10-30(28)20-12-17-11-19(26)21(17)22(20)23(27)29-13-16-7-4-6-15-5-2-3-8-18(15)16/h2-8,17,21H,9-13H2,1H3,(H,24,25). The van der Waals surface area contributed by atoms with Gasteiger partial charge in [0.2, 0.25) is 5.91 Å². The highest BCUT2D eigenvalue weighted by molar-refractivity contribution is 7.89. The number of nitrogens with one attached hydrogen (secondary N) is 1. The van der Waals surface area contributed by atoms with Crippen molar-refractivity contribution in [2.45, 2.75) is 26.4 Å². The van der Waals surface area contributed by atoms with Crippen LogP contribution in [0.5, 0.6) is 0 Å². The lowest BCUT2D eigenvalue weighted by atomic mass is 9.72. The van der Waals surface area contributed by atoms with E-state index >= 15 is 0 Å². The van der Waals surface area contributed by atoms with E-state index in [-0.39, 0.29) is 42.1 Å². The van der Waals surface area contributed by atoms with Crippen molar-refractivity contribution in [1.29, 1.82) is 0 Å². The molecule has 1 saturated carbocycles. The summed E-state index contributed by atoms with van der Waals surface area (Å²) < 4.78 is 18.4. The number of ether oxygens (including phenoxy) is 1. The van der Waals surface area contributed by atoms with Crippen LogP contribution in [0.25, 0.3) is 10.8 Å². The number of hydrogen-bond donors (Lipinski definition) is 1. The van der Waals surface area contributed by atoms with Gasteiger partial charge in [0.25, 0.3) is 0 Å². The molecule has 0 saturated heterocycles. The first-order chi connectivity index (χ1) is 14.5. The fraction of sp³-hybridized carbons (Fsp3) is 0.348. The number of amides is 1. The van der Waals surface area contributed by atoms with E-state index < -0.39 is 22.7 Å². The van der Waals surface area contributed by atoms with E-state index in [0.29, 0.717) is 17.7 Å². The number of ketones is 1. The van der Waals surface area contributed by atoms with Crippen LogP contribution in [0.4, 0.5) is 0 Å². The third kappa shape index (κ3) is 3.94. The molecule has 0 radical (unpaired) electrons. The highest BCUT2D eigenvalue weighted by Crippen LogP contribution is 2.49. The number of carbonyl (C=O) groups is 3. The highest BCUT2D eigenvalue weighted by Gasteiger charge is 2.51. The van der Waals surface area contributed by atoms with Crippen molar-refractivity contribution in [3.05, 3.63) is 58.5 Å². The van der Waals surface area contributed by atoms with Crippen LogP contribution in [0.3, 0.4) is 0 Å². The smallest absolute Gasteiger partial charge is 0.335 e. The van der Waals surface area contributed by atoms with Gasteiger partial charge in [-0.2, -0.15) is 0 Å². The van der Waals surface area contributed by atoms with Gasteiger partial charge in [0.15, 0.2) is 0 Å². The second-order valence-corrected chi connectivity index (χ2v) is 9.29. The Bertz CT molecular complexity index is 1080. The first-order valence-electron chi connectivity index (χ1n) is 9.98. The van der Waals surface area contributed by atoms with E-state index in [1.54, 1.807) is 0 Å². The van der Waals surface area contributed by atoms with Gasteiger partial charge in [0, 0.05) is 30.5 Å². The minimum atomic E-state index is -1.44. The molecule has 3 unspecified atom stereocenters. The lowest BCUT2D eigenvalue weighted by Crippen LogP contribution is -2.37. The van der Waals surface area contributed by atoms with Gasteiger partial charge in [-0.15, -0.1) is 0 Å². The van der Waals surface area contributed by atoms with E-state index in [9.17, 15) is 18.6 Å². The van der Waals surface area contributed by atoms with Crippen molar-refractivity contribution >= 4 is 39.2 Å². The Hall–Kier alpha value is -2.80. The molecule has 156 valence electrons. The summed E-state index contributed by atoms with van der Waals surface area (Å²) >= 11 is 0. The summed E-state index contributed by atoms with van der Waals surface area (Å²) in [4.78, 5) is 36.7. The van der Waals surface area contributed by atoms with Gasteiger partial charge >= 0.3 is 5.97 Å². The Labute approximate surface area is 177 Å². The maximum absolute atomic E-state index is 13.0. The average molecular weight is 426 g/mol. The third-order valence-electron chi connectivity index (χ3n) is 5.74. The average Bonchev–Trinajstić information content (AvgIpc) is 3.04. The topological polar surface area (TPSA) is 89.5 Å². The minimum absolute atomic E-state index is 0.00553. The molecule has 0 spiro atoms. The number of esters is 1. The maximum atomic E-state index is 13.0. The van der Waals surface area contributed by atoms with Gasteiger partial charge in [-0.1, -0.05) is 42.5 Å². The molecule has 2 aromatic carbocycles. The van der Waals surface area contributed by atoms with E-state index in [2.05, 4.69) is 5.32 Å². The summed E-state index contributed by atoms with van der Waals surface area (Å²) in [5.41, 5.74) is 1.16. The molecule has 2 aromatic rings. The summed E-state index contributed by atoms with van der Waals surface area (Å²) in [5.74, 6) is -1.00. The molecule has 30 heavy (non-hydrogen) atoms. The summed E-state index contributed by atoms with van der Waals surface area (Å²) in [6.45, 7) is 1.74. The normalized spacial score (nSPS) is 21.2. The highest BCUT2D eigenvalue weighted by atomic mass is 32.2. The van der Waals surface area contributed by atoms with Gasteiger partial charge in [-0.05, 0) is 28.7 Å². The fourth-order valence-corrected chi connectivity index (χ4v) is 5.64. The molecule has 1 amide bonds. The SMILES string of the molecule is CC(=O)NCCS(=O)C1=C(C(=O)OCc2cccc3ccccc23)C2C(=O)CC2C1. The largest absolute Gasteiger partial charge is 0.457 e. The van der Waals surface area contributed by atoms with E-state index in [1.807, 2.05) is 42.5 Å². The molecule has 7 heteroatoms. The van der Waals surface area contributed by atoms with E-state index in [0.717, 1.165) is 16.3 Å². The van der Waals surface area contributed by atoms with Gasteiger partial charge in [0.1, 0.15) is 12.4 Å². The zero-order valence-electron chi connectivity index (χ0n) is 16.7. The number of carbonyl (C=O) groups excluding carboxylic acids is 3. The van der Waals surface area contributed by atoms with Crippen LogP contribution in [0.15, 0.2) is 52.9 Å². The molecule has 0 heterocycles. The number of allylic oxidation sites excluding steroid dienone is 1. The van der Waals surface area contributed by atoms with Crippen LogP contribution >= 0.6 is 0 Å². The molecule has 0 aromatic heterocycles.